The number of carbonyl (C=O) groups is 1. The molecule has 0 spiro atoms. The Bertz CT molecular complexity index is 970. The lowest BCUT2D eigenvalue weighted by Crippen LogP contribution is -2.17. The number of nitrogens with one attached hydrogen (secondary N) is 1. The Morgan fingerprint density at radius 2 is 1.68 bits per heavy atom. The highest BCUT2D eigenvalue weighted by Crippen LogP contribution is 2.35. The number of hydrogen-bond acceptors (Lipinski definition) is 3. The lowest BCUT2D eigenvalue weighted by Gasteiger charge is -2.11. The van der Waals surface area contributed by atoms with Gasteiger partial charge in [0.1, 0.15) is 12.4 Å². The summed E-state index contributed by atoms with van der Waals surface area (Å²) in [4.78, 5) is 12.0. The molecule has 0 bridgehead atoms. The number of nitrogens with zero attached hydrogens (tertiary/aromatic N) is 1. The van der Waals surface area contributed by atoms with Crippen molar-refractivity contribution in [1.82, 2.24) is 5.43 Å². The van der Waals surface area contributed by atoms with Crippen molar-refractivity contribution in [3.63, 3.8) is 0 Å². The van der Waals surface area contributed by atoms with Crippen molar-refractivity contribution in [3.8, 4) is 5.75 Å². The summed E-state index contributed by atoms with van der Waals surface area (Å²) in [6, 6.07) is 20.2. The molecule has 0 radical (unpaired) electrons. The van der Waals surface area contributed by atoms with Crippen LogP contribution in [0.5, 0.6) is 5.75 Å². The van der Waals surface area contributed by atoms with Crippen LogP contribution < -0.4 is 10.2 Å². The van der Waals surface area contributed by atoms with Gasteiger partial charge in [0, 0.05) is 10.6 Å². The average molecular weight is 523 g/mol. The van der Waals surface area contributed by atoms with Gasteiger partial charge in [-0.3, -0.25) is 4.79 Å². The molecule has 7 heteroatoms. The van der Waals surface area contributed by atoms with Gasteiger partial charge < -0.3 is 4.74 Å². The van der Waals surface area contributed by atoms with Gasteiger partial charge in [-0.2, -0.15) is 5.10 Å². The molecule has 0 saturated carbocycles. The van der Waals surface area contributed by atoms with Crippen LogP contribution >= 0.6 is 43.5 Å². The van der Waals surface area contributed by atoms with Crippen molar-refractivity contribution >= 4 is 55.6 Å². The van der Waals surface area contributed by atoms with E-state index in [0.29, 0.717) is 22.9 Å². The normalized spacial score (nSPS) is 10.8. The van der Waals surface area contributed by atoms with Gasteiger partial charge in [0.05, 0.1) is 15.2 Å². The van der Waals surface area contributed by atoms with Crippen LogP contribution in [0.4, 0.5) is 0 Å². The minimum atomic E-state index is -0.311. The minimum Gasteiger partial charge on any atom is -0.487 e. The molecule has 1 amide bonds. The topological polar surface area (TPSA) is 50.7 Å². The highest BCUT2D eigenvalue weighted by atomic mass is 79.9. The lowest BCUT2D eigenvalue weighted by molar-refractivity contribution is 0.0955. The SMILES string of the molecule is O=C(N/N=C\c1cc(Br)c(OCc2ccccc2)c(Br)c1)c1ccc(Cl)cc1. The third-order valence-corrected chi connectivity index (χ3v) is 5.16. The fourth-order valence-corrected chi connectivity index (χ4v) is 3.93. The van der Waals surface area contributed by atoms with Crippen LogP contribution in [0.3, 0.4) is 0 Å². The van der Waals surface area contributed by atoms with Crippen LogP contribution in [-0.4, -0.2) is 12.1 Å². The first-order chi connectivity index (χ1) is 13.5. The van der Waals surface area contributed by atoms with E-state index in [2.05, 4.69) is 42.4 Å². The Morgan fingerprint density at radius 3 is 2.32 bits per heavy atom. The van der Waals surface area contributed by atoms with Crippen molar-refractivity contribution in [3.05, 3.63) is 97.4 Å². The number of benzene rings is 3. The van der Waals surface area contributed by atoms with Gasteiger partial charge in [-0.15, -0.1) is 0 Å². The first kappa shape index (κ1) is 20.6. The third-order valence-electron chi connectivity index (χ3n) is 3.73. The summed E-state index contributed by atoms with van der Waals surface area (Å²) in [5.41, 5.74) is 4.85. The van der Waals surface area contributed by atoms with E-state index in [4.69, 9.17) is 16.3 Å². The standard InChI is InChI=1S/C21H15Br2ClN2O2/c22-18-10-15(12-25-26-21(27)16-6-8-17(24)9-7-16)11-19(23)20(18)28-13-14-4-2-1-3-5-14/h1-12H,13H2,(H,26,27)/b25-12-. The number of halogens is 3. The van der Waals surface area contributed by atoms with E-state index in [0.717, 1.165) is 20.1 Å². The minimum absolute atomic E-state index is 0.311. The first-order valence-electron chi connectivity index (χ1n) is 8.27. The average Bonchev–Trinajstić information content (AvgIpc) is 2.68. The molecule has 0 aliphatic heterocycles. The van der Waals surface area contributed by atoms with Crippen LogP contribution in [0, 0.1) is 0 Å². The number of carbonyl (C=O) groups excluding carboxylic acids is 1. The predicted molar refractivity (Wildman–Crippen MR) is 119 cm³/mol. The van der Waals surface area contributed by atoms with Gasteiger partial charge in [-0.25, -0.2) is 5.43 Å². The summed E-state index contributed by atoms with van der Waals surface area (Å²) < 4.78 is 7.46. The van der Waals surface area contributed by atoms with Crippen LogP contribution in [0.15, 0.2) is 80.8 Å². The molecule has 0 aliphatic carbocycles. The molecule has 1 N–H and O–H groups in total. The number of hydrazone groups is 1. The molecule has 28 heavy (non-hydrogen) atoms. The molecule has 0 atom stereocenters. The number of amides is 1. The molecular weight excluding hydrogens is 508 g/mol. The smallest absolute Gasteiger partial charge is 0.271 e. The summed E-state index contributed by atoms with van der Waals surface area (Å²) in [5.74, 6) is 0.389. The Balaban J connectivity index is 1.64. The molecule has 0 aromatic heterocycles. The summed E-state index contributed by atoms with van der Waals surface area (Å²) >= 11 is 12.9. The molecule has 3 aromatic rings. The number of ether oxygens (including phenoxy) is 1. The Kier molecular flexibility index (Phi) is 7.25. The second-order valence-corrected chi connectivity index (χ2v) is 7.94. The quantitative estimate of drug-likeness (QED) is 0.309. The molecule has 0 aliphatic rings. The van der Waals surface area contributed by atoms with E-state index < -0.39 is 0 Å². The molecule has 0 saturated heterocycles. The van der Waals surface area contributed by atoms with Crippen molar-refractivity contribution in [2.24, 2.45) is 5.10 Å². The van der Waals surface area contributed by atoms with Crippen molar-refractivity contribution in [2.45, 2.75) is 6.61 Å². The number of rotatable bonds is 6. The molecular formula is C21H15Br2ClN2O2. The van der Waals surface area contributed by atoms with Crippen molar-refractivity contribution in [2.75, 3.05) is 0 Å². The van der Waals surface area contributed by atoms with E-state index in [1.54, 1.807) is 30.5 Å². The van der Waals surface area contributed by atoms with E-state index in [1.807, 2.05) is 42.5 Å². The predicted octanol–water partition coefficient (Wildman–Crippen LogP) is 6.21. The lowest BCUT2D eigenvalue weighted by atomic mass is 10.2. The van der Waals surface area contributed by atoms with E-state index in [1.165, 1.54) is 0 Å². The van der Waals surface area contributed by atoms with Crippen LogP contribution in [0.2, 0.25) is 5.02 Å². The molecule has 0 fully saturated rings. The molecule has 3 rings (SSSR count). The van der Waals surface area contributed by atoms with Crippen LogP contribution in [0.1, 0.15) is 21.5 Å². The van der Waals surface area contributed by atoms with Crippen LogP contribution in [0.25, 0.3) is 0 Å². The zero-order valence-corrected chi connectivity index (χ0v) is 18.5. The van der Waals surface area contributed by atoms with Gasteiger partial charge in [-0.05, 0) is 79.4 Å². The van der Waals surface area contributed by atoms with Gasteiger partial charge >= 0.3 is 0 Å². The maximum Gasteiger partial charge on any atom is 0.271 e. The van der Waals surface area contributed by atoms with E-state index in [-0.39, 0.29) is 5.91 Å². The molecule has 0 heterocycles. The van der Waals surface area contributed by atoms with E-state index in [9.17, 15) is 4.79 Å². The second-order valence-electron chi connectivity index (χ2n) is 5.79. The molecule has 3 aromatic carbocycles. The van der Waals surface area contributed by atoms with Crippen molar-refractivity contribution in [1.29, 1.82) is 0 Å². The van der Waals surface area contributed by atoms with Gasteiger partial charge in [0.2, 0.25) is 0 Å². The van der Waals surface area contributed by atoms with E-state index >= 15 is 0 Å². The fourth-order valence-electron chi connectivity index (χ4n) is 2.35. The largest absolute Gasteiger partial charge is 0.487 e. The van der Waals surface area contributed by atoms with Crippen LogP contribution in [-0.2, 0) is 6.61 Å². The monoisotopic (exact) mass is 520 g/mol. The summed E-state index contributed by atoms with van der Waals surface area (Å²) in [7, 11) is 0. The summed E-state index contributed by atoms with van der Waals surface area (Å²) in [6.45, 7) is 0.461. The highest BCUT2D eigenvalue weighted by Gasteiger charge is 2.09. The van der Waals surface area contributed by atoms with Gasteiger partial charge in [-0.1, -0.05) is 41.9 Å². The van der Waals surface area contributed by atoms with Gasteiger partial charge in [0.15, 0.2) is 0 Å². The Labute approximate surface area is 184 Å². The summed E-state index contributed by atoms with van der Waals surface area (Å²) in [6.07, 6.45) is 1.56. The zero-order valence-electron chi connectivity index (χ0n) is 14.5. The fraction of sp³-hybridized carbons (Fsp3) is 0.0476. The molecule has 4 nitrogen and oxygen atoms in total. The zero-order chi connectivity index (χ0) is 19.9. The third kappa shape index (κ3) is 5.67. The molecule has 142 valence electrons. The Hall–Kier alpha value is -2.15. The second kappa shape index (κ2) is 9.87. The first-order valence-corrected chi connectivity index (χ1v) is 10.2. The van der Waals surface area contributed by atoms with Crippen molar-refractivity contribution < 1.29 is 9.53 Å². The van der Waals surface area contributed by atoms with Gasteiger partial charge in [0.25, 0.3) is 5.91 Å². The highest BCUT2D eigenvalue weighted by molar-refractivity contribution is 9.11. The number of hydrogen-bond donors (Lipinski definition) is 1. The maximum absolute atomic E-state index is 12.0. The summed E-state index contributed by atoms with van der Waals surface area (Å²) in [5, 5.41) is 4.58. The maximum atomic E-state index is 12.0. The molecule has 0 unspecified atom stereocenters. The Morgan fingerprint density at radius 1 is 1.04 bits per heavy atom.